The minimum absolute atomic E-state index is 0.172. The maximum absolute atomic E-state index is 13.4. The minimum Gasteiger partial charge on any atom is -0.371 e. The molecule has 0 unspecified atom stereocenters. The Kier molecular flexibility index (Phi) is 7.52. The molecule has 1 aliphatic heterocycles. The molecule has 1 N–H and O–H groups in total. The van der Waals surface area contributed by atoms with Gasteiger partial charge in [0.2, 0.25) is 0 Å². The van der Waals surface area contributed by atoms with Gasteiger partial charge >= 0.3 is 0 Å². The van der Waals surface area contributed by atoms with Crippen LogP contribution in [0.15, 0.2) is 36.9 Å². The van der Waals surface area contributed by atoms with Crippen molar-refractivity contribution in [1.29, 1.82) is 0 Å². The summed E-state index contributed by atoms with van der Waals surface area (Å²) in [5.74, 6) is -0.980. The lowest BCUT2D eigenvalue weighted by atomic mass is 9.78. The van der Waals surface area contributed by atoms with Crippen LogP contribution in [0.3, 0.4) is 0 Å². The number of halogens is 1. The number of nitrogens with one attached hydrogen (secondary N) is 1. The number of fused-ring (bicyclic) bond motifs is 1. The van der Waals surface area contributed by atoms with Crippen LogP contribution in [0.1, 0.15) is 46.1 Å². The van der Waals surface area contributed by atoms with E-state index in [1.165, 1.54) is 12.1 Å². The van der Waals surface area contributed by atoms with Crippen molar-refractivity contribution in [2.45, 2.75) is 76.8 Å². The van der Waals surface area contributed by atoms with E-state index in [4.69, 9.17) is 18.9 Å². The zero-order valence-corrected chi connectivity index (χ0v) is 18.9. The zero-order valence-electron chi connectivity index (χ0n) is 18.9. The molecule has 0 radical (unpaired) electrons. The van der Waals surface area contributed by atoms with E-state index in [9.17, 15) is 9.18 Å². The molecule has 7 heteroatoms. The largest absolute Gasteiger partial charge is 0.371 e. The summed E-state index contributed by atoms with van der Waals surface area (Å²) in [4.78, 5) is 13.4. The molecule has 6 nitrogen and oxygen atoms in total. The monoisotopic (exact) mass is 435 g/mol. The van der Waals surface area contributed by atoms with Crippen LogP contribution in [0.25, 0.3) is 0 Å². The van der Waals surface area contributed by atoms with Crippen molar-refractivity contribution < 1.29 is 28.1 Å². The van der Waals surface area contributed by atoms with Gasteiger partial charge in [-0.3, -0.25) is 4.79 Å². The quantitative estimate of drug-likeness (QED) is 0.599. The molecule has 2 fully saturated rings. The topological polar surface area (TPSA) is 66.0 Å². The molecule has 1 amide bonds. The first-order valence-electron chi connectivity index (χ1n) is 10.9. The second-order valence-corrected chi connectivity index (χ2v) is 9.22. The van der Waals surface area contributed by atoms with Crippen molar-refractivity contribution in [2.75, 3.05) is 13.2 Å². The van der Waals surface area contributed by atoms with Gasteiger partial charge in [0.1, 0.15) is 11.9 Å². The fourth-order valence-corrected chi connectivity index (χ4v) is 4.16. The molecule has 0 spiro atoms. The van der Waals surface area contributed by atoms with Crippen molar-refractivity contribution >= 4 is 5.91 Å². The van der Waals surface area contributed by atoms with Crippen molar-refractivity contribution in [1.82, 2.24) is 5.32 Å². The lowest BCUT2D eigenvalue weighted by Gasteiger charge is -2.43. The maximum Gasteiger partial charge on any atom is 0.252 e. The SMILES string of the molecule is C=CCO[C@@H]1C[C@](OCc2ccc(F)cc2)(C(=O)NCC(C)C)C[C@H]2OC(C)(C)O[C@@H]12. The number of carbonyl (C=O) groups is 1. The molecule has 1 saturated carbocycles. The van der Waals surface area contributed by atoms with Crippen LogP contribution < -0.4 is 5.32 Å². The smallest absolute Gasteiger partial charge is 0.252 e. The molecule has 1 saturated heterocycles. The standard InChI is InChI=1S/C24H34FNO5/c1-6-11-28-19-12-24(22(27)26-14-16(2)3,13-20-21(19)31-23(4,5)30-20)29-15-17-7-9-18(25)10-8-17/h6-10,16,19-21H,1,11-15H2,2-5H3,(H,26,27)/t19-,20-,21+,24-/m1/s1. The molecule has 4 atom stereocenters. The van der Waals surface area contributed by atoms with Crippen LogP contribution >= 0.6 is 0 Å². The van der Waals surface area contributed by atoms with Crippen molar-refractivity contribution in [3.63, 3.8) is 0 Å². The van der Waals surface area contributed by atoms with Gasteiger partial charge in [0, 0.05) is 19.4 Å². The average Bonchev–Trinajstić information content (AvgIpc) is 3.03. The summed E-state index contributed by atoms with van der Waals surface area (Å²) in [6.45, 7) is 12.6. The van der Waals surface area contributed by atoms with E-state index in [1.54, 1.807) is 18.2 Å². The highest BCUT2D eigenvalue weighted by atomic mass is 19.1. The summed E-state index contributed by atoms with van der Waals surface area (Å²) in [5.41, 5.74) is -0.368. The first-order chi connectivity index (χ1) is 14.6. The van der Waals surface area contributed by atoms with Crippen LogP contribution in [-0.4, -0.2) is 48.8 Å². The normalized spacial score (nSPS) is 29.5. The highest BCUT2D eigenvalue weighted by molar-refractivity contribution is 5.85. The summed E-state index contributed by atoms with van der Waals surface area (Å²) < 4.78 is 37.8. The van der Waals surface area contributed by atoms with Gasteiger partial charge in [-0.05, 0) is 37.5 Å². The first-order valence-corrected chi connectivity index (χ1v) is 10.9. The average molecular weight is 436 g/mol. The Morgan fingerprint density at radius 1 is 1.29 bits per heavy atom. The second kappa shape index (κ2) is 9.77. The van der Waals surface area contributed by atoms with Crippen LogP contribution in [-0.2, 0) is 30.3 Å². The van der Waals surface area contributed by atoms with Crippen molar-refractivity contribution in [3.05, 3.63) is 48.3 Å². The molecule has 1 aromatic carbocycles. The molecule has 0 aromatic heterocycles. The Labute approximate surface area is 184 Å². The molecule has 1 heterocycles. The number of amides is 1. The lowest BCUT2D eigenvalue weighted by molar-refractivity contribution is -0.180. The second-order valence-electron chi connectivity index (χ2n) is 9.22. The summed E-state index contributed by atoms with van der Waals surface area (Å²) in [6.07, 6.45) is 1.31. The van der Waals surface area contributed by atoms with Gasteiger partial charge in [0.15, 0.2) is 11.4 Å². The van der Waals surface area contributed by atoms with Gasteiger partial charge in [-0.25, -0.2) is 4.39 Å². The lowest BCUT2D eigenvalue weighted by Crippen LogP contribution is -2.60. The predicted molar refractivity (Wildman–Crippen MR) is 115 cm³/mol. The molecular weight excluding hydrogens is 401 g/mol. The molecule has 31 heavy (non-hydrogen) atoms. The number of hydrogen-bond donors (Lipinski definition) is 1. The predicted octanol–water partition coefficient (Wildman–Crippen LogP) is 3.74. The molecule has 1 aliphatic carbocycles. The molecule has 172 valence electrons. The Hall–Kier alpha value is -1.80. The third kappa shape index (κ3) is 5.92. The van der Waals surface area contributed by atoms with Gasteiger partial charge in [0.25, 0.3) is 5.91 Å². The van der Waals surface area contributed by atoms with Crippen LogP contribution in [0.4, 0.5) is 4.39 Å². The molecule has 2 aliphatic rings. The molecule has 3 rings (SSSR count). The number of rotatable bonds is 9. The van der Waals surface area contributed by atoms with E-state index in [2.05, 4.69) is 11.9 Å². The van der Waals surface area contributed by atoms with Gasteiger partial charge in [-0.2, -0.15) is 0 Å². The van der Waals surface area contributed by atoms with Crippen LogP contribution in [0, 0.1) is 11.7 Å². The van der Waals surface area contributed by atoms with E-state index in [-0.39, 0.29) is 30.5 Å². The number of ether oxygens (including phenoxy) is 4. The fraction of sp³-hybridized carbons (Fsp3) is 0.625. The summed E-state index contributed by atoms with van der Waals surface area (Å²) in [7, 11) is 0. The van der Waals surface area contributed by atoms with Gasteiger partial charge in [-0.15, -0.1) is 6.58 Å². The Morgan fingerprint density at radius 2 is 2.00 bits per heavy atom. The summed E-state index contributed by atoms with van der Waals surface area (Å²) in [6, 6.07) is 6.08. The summed E-state index contributed by atoms with van der Waals surface area (Å²) >= 11 is 0. The van der Waals surface area contributed by atoms with Gasteiger partial charge in [-0.1, -0.05) is 32.1 Å². The number of benzene rings is 1. The molecule has 1 aromatic rings. The van der Waals surface area contributed by atoms with E-state index < -0.39 is 17.5 Å². The van der Waals surface area contributed by atoms with Crippen LogP contribution in [0.5, 0.6) is 0 Å². The Bertz CT molecular complexity index is 766. The zero-order chi connectivity index (χ0) is 22.6. The summed E-state index contributed by atoms with van der Waals surface area (Å²) in [5, 5.41) is 3.02. The third-order valence-corrected chi connectivity index (χ3v) is 5.59. The number of hydrogen-bond acceptors (Lipinski definition) is 5. The first kappa shape index (κ1) is 23.9. The minimum atomic E-state index is -1.15. The molecular formula is C24H34FNO5. The fourth-order valence-electron chi connectivity index (χ4n) is 4.16. The van der Waals surface area contributed by atoms with Gasteiger partial charge < -0.3 is 24.3 Å². The third-order valence-electron chi connectivity index (χ3n) is 5.59. The van der Waals surface area contributed by atoms with E-state index in [1.807, 2.05) is 27.7 Å². The van der Waals surface area contributed by atoms with Crippen molar-refractivity contribution in [2.24, 2.45) is 5.92 Å². The van der Waals surface area contributed by atoms with Crippen molar-refractivity contribution in [3.8, 4) is 0 Å². The maximum atomic E-state index is 13.4. The van der Waals surface area contributed by atoms with Crippen LogP contribution in [0.2, 0.25) is 0 Å². The highest BCUT2D eigenvalue weighted by Gasteiger charge is 2.57. The van der Waals surface area contributed by atoms with E-state index in [0.29, 0.717) is 31.9 Å². The number of carbonyl (C=O) groups excluding carboxylic acids is 1. The highest BCUT2D eigenvalue weighted by Crippen LogP contribution is 2.44. The Morgan fingerprint density at radius 3 is 2.65 bits per heavy atom. The van der Waals surface area contributed by atoms with E-state index in [0.717, 1.165) is 5.56 Å². The molecule has 0 bridgehead atoms. The Balaban J connectivity index is 1.86. The van der Waals surface area contributed by atoms with E-state index >= 15 is 0 Å². The van der Waals surface area contributed by atoms with Gasteiger partial charge in [0.05, 0.1) is 25.4 Å².